The molecule has 0 atom stereocenters. The van der Waals surface area contributed by atoms with Gasteiger partial charge in [0.25, 0.3) is 5.69 Å². The van der Waals surface area contributed by atoms with Crippen molar-refractivity contribution >= 4 is 17.5 Å². The van der Waals surface area contributed by atoms with E-state index < -0.39 is 4.92 Å². The van der Waals surface area contributed by atoms with Crippen LogP contribution in [0.5, 0.6) is 5.75 Å². The zero-order valence-corrected chi connectivity index (χ0v) is 11.0. The molecule has 2 aromatic carbocycles. The molecule has 0 amide bonds. The monoisotopic (exact) mass is 281 g/mol. The minimum atomic E-state index is -0.464. The lowest BCUT2D eigenvalue weighted by molar-refractivity contribution is -0.385. The van der Waals surface area contributed by atoms with Crippen molar-refractivity contribution in [2.24, 2.45) is 0 Å². The van der Waals surface area contributed by atoms with E-state index in [1.54, 1.807) is 42.5 Å². The van der Waals surface area contributed by atoms with Crippen LogP contribution in [0.2, 0.25) is 0 Å². The van der Waals surface area contributed by atoms with Crippen molar-refractivity contribution in [1.29, 1.82) is 0 Å². The average molecular weight is 281 g/mol. The molecule has 5 heteroatoms. The maximum absolute atomic E-state index is 12.4. The minimum absolute atomic E-state index is 0.0309. The van der Waals surface area contributed by atoms with E-state index >= 15 is 0 Å². The fourth-order valence-corrected chi connectivity index (χ4v) is 2.24. The lowest BCUT2D eigenvalue weighted by Gasteiger charge is -2.18. The van der Waals surface area contributed by atoms with E-state index in [9.17, 15) is 14.9 Å². The van der Waals surface area contributed by atoms with Crippen LogP contribution >= 0.6 is 0 Å². The summed E-state index contributed by atoms with van der Waals surface area (Å²) in [6, 6.07) is 13.3. The fourth-order valence-electron chi connectivity index (χ4n) is 2.24. The third-order valence-electron chi connectivity index (χ3n) is 3.27. The predicted octanol–water partition coefficient (Wildman–Crippen LogP) is 3.25. The Balaban J connectivity index is 2.03. The summed E-state index contributed by atoms with van der Waals surface area (Å²) in [6.07, 6.45) is 1.52. The third-order valence-corrected chi connectivity index (χ3v) is 3.27. The van der Waals surface area contributed by atoms with Crippen LogP contribution in [0.25, 0.3) is 6.08 Å². The number of nitro benzene ring substituents is 1. The fraction of sp³-hybridized carbons (Fsp3) is 0.0625. The largest absolute Gasteiger partial charge is 0.488 e. The van der Waals surface area contributed by atoms with Crippen molar-refractivity contribution in [3.05, 3.63) is 75.3 Å². The van der Waals surface area contributed by atoms with E-state index in [1.165, 1.54) is 12.1 Å². The van der Waals surface area contributed by atoms with Gasteiger partial charge in [0.1, 0.15) is 12.4 Å². The Morgan fingerprint density at radius 3 is 2.62 bits per heavy atom. The number of hydrogen-bond acceptors (Lipinski definition) is 4. The van der Waals surface area contributed by atoms with Crippen molar-refractivity contribution in [2.45, 2.75) is 0 Å². The summed E-state index contributed by atoms with van der Waals surface area (Å²) in [5.41, 5.74) is 1.25. The van der Waals surface area contributed by atoms with Crippen LogP contribution < -0.4 is 4.74 Å². The number of carbonyl (C=O) groups is 1. The highest BCUT2D eigenvalue weighted by atomic mass is 16.6. The maximum Gasteiger partial charge on any atom is 0.276 e. The zero-order chi connectivity index (χ0) is 14.8. The van der Waals surface area contributed by atoms with Crippen molar-refractivity contribution in [3.8, 4) is 5.75 Å². The first-order valence-corrected chi connectivity index (χ1v) is 6.37. The number of ether oxygens (including phenoxy) is 1. The Morgan fingerprint density at radius 1 is 1.10 bits per heavy atom. The van der Waals surface area contributed by atoms with E-state index in [-0.39, 0.29) is 18.1 Å². The molecule has 1 aliphatic rings. The lowest BCUT2D eigenvalue weighted by atomic mass is 9.98. The standard InChI is InChI=1S/C16H11NO4/c18-16-12(10-21-15-8-4-2-6-13(15)16)9-11-5-1-3-7-14(11)17(19)20/h1-9H,10H2/b12-9-. The lowest BCUT2D eigenvalue weighted by Crippen LogP contribution is -2.18. The molecule has 2 aromatic rings. The molecule has 1 aliphatic heterocycles. The molecule has 0 radical (unpaired) electrons. The Morgan fingerprint density at radius 2 is 1.81 bits per heavy atom. The van der Waals surface area contributed by atoms with E-state index in [0.29, 0.717) is 22.4 Å². The van der Waals surface area contributed by atoms with E-state index in [1.807, 2.05) is 0 Å². The molecule has 0 fully saturated rings. The molecule has 0 spiro atoms. The maximum atomic E-state index is 12.4. The Bertz CT molecular complexity index is 764. The van der Waals surface area contributed by atoms with Crippen LogP contribution in [0.3, 0.4) is 0 Å². The smallest absolute Gasteiger partial charge is 0.276 e. The number of nitro groups is 1. The van der Waals surface area contributed by atoms with Gasteiger partial charge in [-0.2, -0.15) is 0 Å². The molecular weight excluding hydrogens is 270 g/mol. The van der Waals surface area contributed by atoms with E-state index in [2.05, 4.69) is 0 Å². The number of nitrogens with zero attached hydrogens (tertiary/aromatic N) is 1. The molecule has 0 N–H and O–H groups in total. The Kier molecular flexibility index (Phi) is 3.23. The highest BCUT2D eigenvalue weighted by Gasteiger charge is 2.23. The van der Waals surface area contributed by atoms with Gasteiger partial charge in [-0.15, -0.1) is 0 Å². The molecule has 0 aromatic heterocycles. The van der Waals surface area contributed by atoms with Crippen LogP contribution in [0, 0.1) is 10.1 Å². The van der Waals surface area contributed by atoms with Crippen molar-refractivity contribution < 1.29 is 14.5 Å². The van der Waals surface area contributed by atoms with E-state index in [0.717, 1.165) is 0 Å². The molecule has 3 rings (SSSR count). The van der Waals surface area contributed by atoms with Crippen LogP contribution in [0.15, 0.2) is 54.1 Å². The van der Waals surface area contributed by atoms with Crippen LogP contribution in [0.4, 0.5) is 5.69 Å². The molecule has 1 heterocycles. The second-order valence-corrected chi connectivity index (χ2v) is 4.60. The Hall–Kier alpha value is -2.95. The molecular formula is C16H11NO4. The Labute approximate surface area is 120 Å². The number of ketones is 1. The topological polar surface area (TPSA) is 69.4 Å². The second-order valence-electron chi connectivity index (χ2n) is 4.60. The third kappa shape index (κ3) is 2.41. The highest BCUT2D eigenvalue weighted by molar-refractivity contribution is 6.14. The van der Waals surface area contributed by atoms with E-state index in [4.69, 9.17) is 4.74 Å². The number of rotatable bonds is 2. The highest BCUT2D eigenvalue weighted by Crippen LogP contribution is 2.29. The van der Waals surface area contributed by atoms with Gasteiger partial charge in [-0.05, 0) is 24.3 Å². The molecule has 0 saturated heterocycles. The van der Waals surface area contributed by atoms with Gasteiger partial charge in [0.2, 0.25) is 0 Å². The van der Waals surface area contributed by atoms with Gasteiger partial charge in [0, 0.05) is 11.6 Å². The molecule has 5 nitrogen and oxygen atoms in total. The van der Waals surface area contributed by atoms with Crippen molar-refractivity contribution in [1.82, 2.24) is 0 Å². The van der Waals surface area contributed by atoms with Gasteiger partial charge in [0.05, 0.1) is 16.1 Å². The molecule has 104 valence electrons. The van der Waals surface area contributed by atoms with Crippen LogP contribution in [-0.2, 0) is 0 Å². The molecule has 0 unspecified atom stereocenters. The molecule has 0 aliphatic carbocycles. The van der Waals surface area contributed by atoms with Crippen molar-refractivity contribution in [2.75, 3.05) is 6.61 Å². The summed E-state index contributed by atoms with van der Waals surface area (Å²) < 4.78 is 5.52. The van der Waals surface area contributed by atoms with Gasteiger partial charge >= 0.3 is 0 Å². The molecule has 0 bridgehead atoms. The second kappa shape index (κ2) is 5.20. The van der Waals surface area contributed by atoms with Gasteiger partial charge in [-0.25, -0.2) is 0 Å². The number of carbonyl (C=O) groups excluding carboxylic acids is 1. The van der Waals surface area contributed by atoms with Crippen LogP contribution in [-0.4, -0.2) is 17.3 Å². The summed E-state index contributed by atoms with van der Waals surface area (Å²) in [4.78, 5) is 22.9. The average Bonchev–Trinajstić information content (AvgIpc) is 2.51. The first kappa shape index (κ1) is 13.1. The normalized spacial score (nSPS) is 15.4. The summed E-state index contributed by atoms with van der Waals surface area (Å²) in [7, 11) is 0. The van der Waals surface area contributed by atoms with Crippen LogP contribution in [0.1, 0.15) is 15.9 Å². The van der Waals surface area contributed by atoms with Crippen molar-refractivity contribution in [3.63, 3.8) is 0 Å². The molecule has 0 saturated carbocycles. The SMILES string of the molecule is O=C1/C(=C\c2ccccc2[N+](=O)[O-])COc2ccccc21. The summed E-state index contributed by atoms with van der Waals surface area (Å²) >= 11 is 0. The quantitative estimate of drug-likeness (QED) is 0.481. The summed E-state index contributed by atoms with van der Waals surface area (Å²) in [5.74, 6) is 0.386. The van der Waals surface area contributed by atoms with Gasteiger partial charge in [-0.1, -0.05) is 24.3 Å². The number of fused-ring (bicyclic) bond motifs is 1. The molecule has 21 heavy (non-hydrogen) atoms. The number of hydrogen-bond donors (Lipinski definition) is 0. The number of Topliss-reactive ketones (excluding diaryl/α,β-unsaturated/α-hetero) is 1. The minimum Gasteiger partial charge on any atom is -0.488 e. The predicted molar refractivity (Wildman–Crippen MR) is 77.3 cm³/mol. The first-order chi connectivity index (χ1) is 10.2. The number of para-hydroxylation sites is 2. The van der Waals surface area contributed by atoms with Gasteiger partial charge < -0.3 is 4.74 Å². The summed E-state index contributed by atoms with van der Waals surface area (Å²) in [5, 5.41) is 11.0. The zero-order valence-electron chi connectivity index (χ0n) is 11.0. The van der Waals surface area contributed by atoms with Gasteiger partial charge in [-0.3, -0.25) is 14.9 Å². The first-order valence-electron chi connectivity index (χ1n) is 6.37. The summed E-state index contributed by atoms with van der Waals surface area (Å²) in [6.45, 7) is 0.113. The number of benzene rings is 2. The van der Waals surface area contributed by atoms with Gasteiger partial charge in [0.15, 0.2) is 5.78 Å².